The van der Waals surface area contributed by atoms with Gasteiger partial charge in [-0.3, -0.25) is 14.4 Å². The Morgan fingerprint density at radius 2 is 2.05 bits per heavy atom. The third-order valence-corrected chi connectivity index (χ3v) is 3.58. The summed E-state index contributed by atoms with van der Waals surface area (Å²) in [5.41, 5.74) is 2.75. The smallest absolute Gasteiger partial charge is 0.325 e. The molecule has 1 N–H and O–H groups in total. The maximum Gasteiger partial charge on any atom is 0.325 e. The summed E-state index contributed by atoms with van der Waals surface area (Å²) in [6.45, 7) is 5.11. The van der Waals surface area contributed by atoms with Gasteiger partial charge < -0.3 is 5.11 Å². The normalized spacial score (nSPS) is 12.6. The molecule has 0 saturated heterocycles. The van der Waals surface area contributed by atoms with E-state index in [9.17, 15) is 9.90 Å². The number of likely N-dealkylation sites (N-methyl/N-ethyl adjacent to an activating group) is 1. The summed E-state index contributed by atoms with van der Waals surface area (Å²) >= 11 is 0. The van der Waals surface area contributed by atoms with E-state index in [-0.39, 0.29) is 0 Å². The number of carboxylic acid groups (broad SMARTS) is 1. The van der Waals surface area contributed by atoms with E-state index in [4.69, 9.17) is 0 Å². The lowest BCUT2D eigenvalue weighted by Gasteiger charge is -2.27. The molecular weight excluding hydrogens is 266 g/mol. The number of carbonyl (C=O) groups is 1. The summed E-state index contributed by atoms with van der Waals surface area (Å²) in [4.78, 5) is 13.7. The highest BCUT2D eigenvalue weighted by Gasteiger charge is 2.27. The monoisotopic (exact) mass is 287 g/mol. The summed E-state index contributed by atoms with van der Waals surface area (Å²) in [6, 6.07) is 10.7. The van der Waals surface area contributed by atoms with Crippen molar-refractivity contribution in [3.05, 3.63) is 53.3 Å². The Kier molecular flexibility index (Phi) is 4.75. The quantitative estimate of drug-likeness (QED) is 0.886. The van der Waals surface area contributed by atoms with Gasteiger partial charge in [0.1, 0.15) is 6.04 Å². The van der Waals surface area contributed by atoms with E-state index in [1.807, 2.05) is 66.9 Å². The number of hydrogen-bond donors (Lipinski definition) is 1. The molecule has 0 bridgehead atoms. The number of aliphatic carboxylic acids is 1. The molecule has 0 amide bonds. The number of rotatable bonds is 6. The zero-order valence-corrected chi connectivity index (χ0v) is 12.7. The minimum Gasteiger partial charge on any atom is -0.480 e. The molecule has 0 fully saturated rings. The van der Waals surface area contributed by atoms with E-state index in [0.717, 1.165) is 17.0 Å². The lowest BCUT2D eigenvalue weighted by molar-refractivity contribution is -0.143. The molecule has 112 valence electrons. The highest BCUT2D eigenvalue weighted by Crippen LogP contribution is 2.23. The molecule has 0 aliphatic carbocycles. The number of aromatic nitrogens is 2. The molecule has 1 aromatic carbocycles. The molecule has 5 nitrogen and oxygen atoms in total. The van der Waals surface area contributed by atoms with Crippen molar-refractivity contribution in [1.82, 2.24) is 14.7 Å². The van der Waals surface area contributed by atoms with Crippen LogP contribution in [0.25, 0.3) is 0 Å². The fourth-order valence-electron chi connectivity index (χ4n) is 2.55. The van der Waals surface area contributed by atoms with Gasteiger partial charge in [-0.25, -0.2) is 0 Å². The van der Waals surface area contributed by atoms with E-state index in [1.165, 1.54) is 0 Å². The molecule has 5 heteroatoms. The molecule has 0 spiro atoms. The number of nitrogens with zero attached hydrogens (tertiary/aromatic N) is 3. The lowest BCUT2D eigenvalue weighted by atomic mass is 10.1. The third-order valence-electron chi connectivity index (χ3n) is 3.58. The summed E-state index contributed by atoms with van der Waals surface area (Å²) < 4.78 is 1.81. The predicted octanol–water partition coefficient (Wildman–Crippen LogP) is 2.38. The summed E-state index contributed by atoms with van der Waals surface area (Å²) in [5.74, 6) is -0.832. The van der Waals surface area contributed by atoms with Gasteiger partial charge in [0.15, 0.2) is 0 Å². The molecule has 1 heterocycles. The molecule has 0 saturated carbocycles. The first-order valence-electron chi connectivity index (χ1n) is 7.04. The molecule has 1 atom stereocenters. The minimum atomic E-state index is -0.832. The standard InChI is InChI=1S/C16H21N3O2/c1-4-19(11-14-10-12(2)17-18(14)3)15(16(20)21)13-8-6-5-7-9-13/h5-10,15H,4,11H2,1-3H3,(H,20,21). The van der Waals surface area contributed by atoms with Crippen molar-refractivity contribution in [2.24, 2.45) is 7.05 Å². The van der Waals surface area contributed by atoms with Crippen LogP contribution >= 0.6 is 0 Å². The van der Waals surface area contributed by atoms with Crippen molar-refractivity contribution in [1.29, 1.82) is 0 Å². The fraction of sp³-hybridized carbons (Fsp3) is 0.375. The van der Waals surface area contributed by atoms with Gasteiger partial charge in [0.2, 0.25) is 0 Å². The second-order valence-corrected chi connectivity index (χ2v) is 5.12. The van der Waals surface area contributed by atoms with Gasteiger partial charge in [-0.15, -0.1) is 0 Å². The number of carboxylic acids is 1. The molecule has 0 radical (unpaired) electrons. The van der Waals surface area contributed by atoms with Crippen LogP contribution < -0.4 is 0 Å². The van der Waals surface area contributed by atoms with Gasteiger partial charge in [0.05, 0.1) is 11.4 Å². The lowest BCUT2D eigenvalue weighted by Crippen LogP contribution is -2.34. The van der Waals surface area contributed by atoms with E-state index in [2.05, 4.69) is 5.10 Å². The Balaban J connectivity index is 2.29. The number of hydrogen-bond acceptors (Lipinski definition) is 3. The SMILES string of the molecule is CCN(Cc1cc(C)nn1C)C(C(=O)O)c1ccccc1. The summed E-state index contributed by atoms with van der Waals surface area (Å²) in [5, 5.41) is 13.9. The van der Waals surface area contributed by atoms with Gasteiger partial charge in [0, 0.05) is 13.6 Å². The summed E-state index contributed by atoms with van der Waals surface area (Å²) in [7, 11) is 1.88. The van der Waals surface area contributed by atoms with Crippen LogP contribution in [0.15, 0.2) is 36.4 Å². The van der Waals surface area contributed by atoms with Crippen LogP contribution in [0, 0.1) is 6.92 Å². The highest BCUT2D eigenvalue weighted by atomic mass is 16.4. The van der Waals surface area contributed by atoms with Crippen LogP contribution in [0.2, 0.25) is 0 Å². The van der Waals surface area contributed by atoms with Crippen molar-refractivity contribution in [2.45, 2.75) is 26.4 Å². The molecule has 1 aromatic heterocycles. The fourth-order valence-corrected chi connectivity index (χ4v) is 2.55. The largest absolute Gasteiger partial charge is 0.480 e. The molecule has 0 aliphatic heterocycles. The van der Waals surface area contributed by atoms with Crippen LogP contribution in [0.4, 0.5) is 0 Å². The maximum absolute atomic E-state index is 11.7. The van der Waals surface area contributed by atoms with Crippen LogP contribution in [0.1, 0.15) is 29.9 Å². The second-order valence-electron chi connectivity index (χ2n) is 5.12. The number of aryl methyl sites for hydroxylation is 2. The Morgan fingerprint density at radius 3 is 2.52 bits per heavy atom. The Labute approximate surface area is 124 Å². The van der Waals surface area contributed by atoms with Crippen molar-refractivity contribution in [3.63, 3.8) is 0 Å². The first-order chi connectivity index (χ1) is 10.0. The first-order valence-corrected chi connectivity index (χ1v) is 7.04. The Morgan fingerprint density at radius 1 is 1.38 bits per heavy atom. The van der Waals surface area contributed by atoms with Gasteiger partial charge in [0.25, 0.3) is 0 Å². The van der Waals surface area contributed by atoms with Gasteiger partial charge >= 0.3 is 5.97 Å². The molecule has 0 aliphatic rings. The molecule has 1 unspecified atom stereocenters. The predicted molar refractivity (Wildman–Crippen MR) is 80.8 cm³/mol. The molecule has 2 aromatic rings. The topological polar surface area (TPSA) is 58.4 Å². The van der Waals surface area contributed by atoms with Crippen LogP contribution in [-0.2, 0) is 18.4 Å². The van der Waals surface area contributed by atoms with Gasteiger partial charge in [-0.1, -0.05) is 37.3 Å². The summed E-state index contributed by atoms with van der Waals surface area (Å²) in [6.07, 6.45) is 0. The average molecular weight is 287 g/mol. The van der Waals surface area contributed by atoms with Gasteiger partial charge in [-0.2, -0.15) is 5.10 Å². The highest BCUT2D eigenvalue weighted by molar-refractivity contribution is 5.75. The van der Waals surface area contributed by atoms with E-state index >= 15 is 0 Å². The van der Waals surface area contributed by atoms with Crippen LogP contribution in [-0.4, -0.2) is 32.3 Å². The maximum atomic E-state index is 11.7. The first kappa shape index (κ1) is 15.3. The molecule has 2 rings (SSSR count). The van der Waals surface area contributed by atoms with Crippen LogP contribution in [0.3, 0.4) is 0 Å². The zero-order chi connectivity index (χ0) is 15.4. The minimum absolute atomic E-state index is 0.555. The van der Waals surface area contributed by atoms with Gasteiger partial charge in [-0.05, 0) is 25.1 Å². The molecule has 21 heavy (non-hydrogen) atoms. The second kappa shape index (κ2) is 6.54. The van der Waals surface area contributed by atoms with Crippen molar-refractivity contribution < 1.29 is 9.90 Å². The Hall–Kier alpha value is -2.14. The van der Waals surface area contributed by atoms with Crippen molar-refractivity contribution in [2.75, 3.05) is 6.54 Å². The van der Waals surface area contributed by atoms with Crippen molar-refractivity contribution in [3.8, 4) is 0 Å². The third kappa shape index (κ3) is 3.49. The Bertz CT molecular complexity index is 607. The van der Waals surface area contributed by atoms with Crippen molar-refractivity contribution >= 4 is 5.97 Å². The van der Waals surface area contributed by atoms with E-state index < -0.39 is 12.0 Å². The molecular formula is C16H21N3O2. The number of benzene rings is 1. The van der Waals surface area contributed by atoms with E-state index in [1.54, 1.807) is 0 Å². The zero-order valence-electron chi connectivity index (χ0n) is 12.7. The van der Waals surface area contributed by atoms with E-state index in [0.29, 0.717) is 13.1 Å². The van der Waals surface area contributed by atoms with Crippen LogP contribution in [0.5, 0.6) is 0 Å². The average Bonchev–Trinajstić information content (AvgIpc) is 2.77.